The van der Waals surface area contributed by atoms with E-state index in [1.807, 2.05) is 19.1 Å². The molecule has 0 saturated carbocycles. The van der Waals surface area contributed by atoms with Gasteiger partial charge in [-0.25, -0.2) is 0 Å². The predicted octanol–water partition coefficient (Wildman–Crippen LogP) is 3.09. The second-order valence-electron chi connectivity index (χ2n) is 4.73. The Bertz CT molecular complexity index is 393. The van der Waals surface area contributed by atoms with Gasteiger partial charge in [0.05, 0.1) is 12.4 Å². The van der Waals surface area contributed by atoms with Crippen molar-refractivity contribution in [2.45, 2.75) is 32.2 Å². The number of rotatable bonds is 8. The van der Waals surface area contributed by atoms with Crippen molar-refractivity contribution in [1.29, 1.82) is 0 Å². The third-order valence-electron chi connectivity index (χ3n) is 2.49. The van der Waals surface area contributed by atoms with Crippen molar-refractivity contribution in [3.05, 3.63) is 29.8 Å². The van der Waals surface area contributed by atoms with Gasteiger partial charge in [-0.2, -0.15) is 0 Å². The summed E-state index contributed by atoms with van der Waals surface area (Å²) in [7, 11) is 0. The van der Waals surface area contributed by atoms with Crippen molar-refractivity contribution in [3.63, 3.8) is 0 Å². The van der Waals surface area contributed by atoms with E-state index >= 15 is 0 Å². The van der Waals surface area contributed by atoms with E-state index in [0.29, 0.717) is 18.3 Å². The monoisotopic (exact) mass is 281 g/mol. The topological polar surface area (TPSA) is 38.3 Å². The van der Waals surface area contributed by atoms with Crippen molar-refractivity contribution < 1.29 is 9.53 Å². The summed E-state index contributed by atoms with van der Waals surface area (Å²) >= 11 is 1.54. The van der Waals surface area contributed by atoms with Gasteiger partial charge >= 0.3 is 5.97 Å². The molecule has 0 radical (unpaired) electrons. The van der Waals surface area contributed by atoms with E-state index in [0.717, 1.165) is 18.0 Å². The van der Waals surface area contributed by atoms with E-state index in [4.69, 9.17) is 4.74 Å². The molecule has 3 nitrogen and oxygen atoms in total. The van der Waals surface area contributed by atoms with Crippen LogP contribution >= 0.6 is 11.8 Å². The normalized spacial score (nSPS) is 10.7. The molecule has 19 heavy (non-hydrogen) atoms. The van der Waals surface area contributed by atoms with Gasteiger partial charge in [-0.3, -0.25) is 4.79 Å². The molecule has 1 rings (SSSR count). The van der Waals surface area contributed by atoms with E-state index in [9.17, 15) is 4.79 Å². The zero-order valence-corrected chi connectivity index (χ0v) is 12.8. The Balaban J connectivity index is 2.50. The molecule has 0 bridgehead atoms. The number of hydrogen-bond acceptors (Lipinski definition) is 4. The summed E-state index contributed by atoms with van der Waals surface area (Å²) in [5, 5.41) is 3.42. The first-order valence-corrected chi connectivity index (χ1v) is 7.69. The van der Waals surface area contributed by atoms with Gasteiger partial charge < -0.3 is 10.1 Å². The third kappa shape index (κ3) is 6.64. The largest absolute Gasteiger partial charge is 0.465 e. The molecule has 0 heterocycles. The van der Waals surface area contributed by atoms with Crippen molar-refractivity contribution in [1.82, 2.24) is 5.32 Å². The lowest BCUT2D eigenvalue weighted by molar-refractivity contribution is -0.139. The van der Waals surface area contributed by atoms with Crippen LogP contribution in [-0.2, 0) is 16.1 Å². The molecule has 0 aromatic heterocycles. The van der Waals surface area contributed by atoms with Crippen LogP contribution in [0, 0.1) is 5.92 Å². The maximum atomic E-state index is 11.4. The molecule has 0 fully saturated rings. The summed E-state index contributed by atoms with van der Waals surface area (Å²) < 4.78 is 4.94. The van der Waals surface area contributed by atoms with E-state index in [2.05, 4.69) is 31.3 Å². The Labute approximate surface area is 120 Å². The quantitative estimate of drug-likeness (QED) is 0.587. The smallest absolute Gasteiger partial charge is 0.316 e. The summed E-state index contributed by atoms with van der Waals surface area (Å²) in [5.41, 5.74) is 1.23. The van der Waals surface area contributed by atoms with Gasteiger partial charge in [0.15, 0.2) is 0 Å². The second kappa shape index (κ2) is 8.99. The molecule has 1 N–H and O–H groups in total. The van der Waals surface area contributed by atoms with Crippen LogP contribution in [0.4, 0.5) is 0 Å². The molecule has 0 aliphatic heterocycles. The van der Waals surface area contributed by atoms with Gasteiger partial charge in [0.1, 0.15) is 0 Å². The average Bonchev–Trinajstić information content (AvgIpc) is 2.37. The van der Waals surface area contributed by atoms with Crippen molar-refractivity contribution in [2.75, 3.05) is 18.9 Å². The third-order valence-corrected chi connectivity index (χ3v) is 3.58. The molecule has 0 aliphatic rings. The Kier molecular flexibility index (Phi) is 7.60. The molecule has 1 aromatic rings. The van der Waals surface area contributed by atoms with Crippen molar-refractivity contribution >= 4 is 17.7 Å². The van der Waals surface area contributed by atoms with Crippen LogP contribution in [0.5, 0.6) is 0 Å². The van der Waals surface area contributed by atoms with Gasteiger partial charge in [0.25, 0.3) is 0 Å². The minimum atomic E-state index is -0.155. The summed E-state index contributed by atoms with van der Waals surface area (Å²) in [6, 6.07) is 8.18. The number of hydrogen-bond donors (Lipinski definition) is 1. The van der Waals surface area contributed by atoms with E-state index in [-0.39, 0.29) is 5.97 Å². The lowest BCUT2D eigenvalue weighted by Crippen LogP contribution is -2.19. The number of nitrogens with one attached hydrogen (secondary N) is 1. The van der Waals surface area contributed by atoms with Crippen molar-refractivity contribution in [3.8, 4) is 0 Å². The first-order chi connectivity index (χ1) is 9.13. The highest BCUT2D eigenvalue weighted by atomic mass is 32.2. The average molecular weight is 281 g/mol. The molecule has 4 heteroatoms. The van der Waals surface area contributed by atoms with Crippen molar-refractivity contribution in [2.24, 2.45) is 5.92 Å². The van der Waals surface area contributed by atoms with E-state index < -0.39 is 0 Å². The standard InChI is InChI=1S/C15H23NO2S/c1-4-18-15(17)11-19-14-8-6-5-7-13(14)10-16-9-12(2)3/h5-8,12,16H,4,9-11H2,1-3H3. The molecule has 0 spiro atoms. The van der Waals surface area contributed by atoms with Gasteiger partial charge in [-0.05, 0) is 31.0 Å². The number of benzene rings is 1. The minimum absolute atomic E-state index is 0.155. The van der Waals surface area contributed by atoms with Crippen LogP contribution in [0.2, 0.25) is 0 Å². The Morgan fingerprint density at radius 1 is 1.37 bits per heavy atom. The molecule has 0 atom stereocenters. The van der Waals surface area contributed by atoms with E-state index in [1.54, 1.807) is 0 Å². The molecule has 0 unspecified atom stereocenters. The SMILES string of the molecule is CCOC(=O)CSc1ccccc1CNCC(C)C. The molecule has 1 aromatic carbocycles. The summed E-state index contributed by atoms with van der Waals surface area (Å²) in [6.45, 7) is 8.48. The van der Waals surface area contributed by atoms with Crippen LogP contribution in [0.3, 0.4) is 0 Å². The fourth-order valence-electron chi connectivity index (χ4n) is 1.63. The molecule has 0 aliphatic carbocycles. The maximum absolute atomic E-state index is 11.4. The minimum Gasteiger partial charge on any atom is -0.465 e. The molecular weight excluding hydrogens is 258 g/mol. The summed E-state index contributed by atoms with van der Waals surface area (Å²) in [6.07, 6.45) is 0. The maximum Gasteiger partial charge on any atom is 0.316 e. The lowest BCUT2D eigenvalue weighted by Gasteiger charge is -2.11. The van der Waals surface area contributed by atoms with Crippen LogP contribution in [0.1, 0.15) is 26.3 Å². The number of esters is 1. The number of carbonyl (C=O) groups is 1. The summed E-state index contributed by atoms with van der Waals surface area (Å²) in [4.78, 5) is 12.5. The fourth-order valence-corrected chi connectivity index (χ4v) is 2.48. The van der Waals surface area contributed by atoms with Crippen LogP contribution in [0.15, 0.2) is 29.2 Å². The van der Waals surface area contributed by atoms with Crippen LogP contribution in [-0.4, -0.2) is 24.9 Å². The first-order valence-electron chi connectivity index (χ1n) is 6.70. The van der Waals surface area contributed by atoms with Gasteiger partial charge in [0.2, 0.25) is 0 Å². The molecule has 0 saturated heterocycles. The van der Waals surface area contributed by atoms with Crippen LogP contribution < -0.4 is 5.32 Å². The number of ether oxygens (including phenoxy) is 1. The lowest BCUT2D eigenvalue weighted by atomic mass is 10.2. The summed E-state index contributed by atoms with van der Waals surface area (Å²) in [5.74, 6) is 0.853. The molecule has 106 valence electrons. The Morgan fingerprint density at radius 3 is 2.79 bits per heavy atom. The first kappa shape index (κ1) is 16.1. The number of carbonyl (C=O) groups excluding carboxylic acids is 1. The second-order valence-corrected chi connectivity index (χ2v) is 5.74. The van der Waals surface area contributed by atoms with Gasteiger partial charge in [-0.1, -0.05) is 32.0 Å². The Hall–Kier alpha value is -1.00. The predicted molar refractivity (Wildman–Crippen MR) is 80.3 cm³/mol. The van der Waals surface area contributed by atoms with E-state index in [1.165, 1.54) is 17.3 Å². The zero-order valence-electron chi connectivity index (χ0n) is 11.9. The Morgan fingerprint density at radius 2 is 2.11 bits per heavy atom. The highest BCUT2D eigenvalue weighted by Gasteiger charge is 2.07. The zero-order chi connectivity index (χ0) is 14.1. The molecular formula is C15H23NO2S. The fraction of sp³-hybridized carbons (Fsp3) is 0.533. The molecule has 0 amide bonds. The van der Waals surface area contributed by atoms with Crippen LogP contribution in [0.25, 0.3) is 0 Å². The van der Waals surface area contributed by atoms with Gasteiger partial charge in [-0.15, -0.1) is 11.8 Å². The highest BCUT2D eigenvalue weighted by molar-refractivity contribution is 8.00. The highest BCUT2D eigenvalue weighted by Crippen LogP contribution is 2.22. The van der Waals surface area contributed by atoms with Gasteiger partial charge in [0, 0.05) is 11.4 Å². The number of thioether (sulfide) groups is 1.